The zero-order chi connectivity index (χ0) is 12.6. The van der Waals surface area contributed by atoms with Crippen molar-refractivity contribution in [1.82, 2.24) is 0 Å². The Hall–Kier alpha value is -2.13. The summed E-state index contributed by atoms with van der Waals surface area (Å²) < 4.78 is 0. The Balaban J connectivity index is 3.86. The minimum absolute atomic E-state index is 0.121. The monoisotopic (exact) mass is 238 g/mol. The Morgan fingerprint density at radius 1 is 1.19 bits per heavy atom. The second-order valence-corrected chi connectivity index (χ2v) is 2.73. The van der Waals surface area contributed by atoms with Crippen molar-refractivity contribution >= 4 is 5.97 Å². The van der Waals surface area contributed by atoms with Crippen LogP contribution in [0.1, 0.15) is 25.7 Å². The second-order valence-electron chi connectivity index (χ2n) is 2.73. The van der Waals surface area contributed by atoms with Gasteiger partial charge >= 0.3 is 5.97 Å². The van der Waals surface area contributed by atoms with Crippen molar-refractivity contribution < 1.29 is 29.7 Å². The molecule has 0 heterocycles. The van der Waals surface area contributed by atoms with Crippen LogP contribution in [0.4, 0.5) is 0 Å². The highest BCUT2D eigenvalue weighted by Gasteiger charge is 2.17. The van der Waals surface area contributed by atoms with Crippen LogP contribution in [0.15, 0.2) is 0 Å². The molecule has 92 valence electrons. The first-order valence-corrected chi connectivity index (χ1v) is 4.26. The molecule has 0 spiro atoms. The highest BCUT2D eigenvalue weighted by Crippen LogP contribution is 2.08. The Bertz CT molecular complexity index is 251. The first-order chi connectivity index (χ1) is 7.41. The molecule has 0 aliphatic carbocycles. The van der Waals surface area contributed by atoms with Gasteiger partial charge in [0.25, 0.3) is 16.5 Å². The molecule has 0 amide bonds. The summed E-state index contributed by atoms with van der Waals surface area (Å²) >= 11 is 0. The maximum Gasteiger partial charge on any atom is 0.303 e. The van der Waals surface area contributed by atoms with E-state index in [1.807, 2.05) is 0 Å². The van der Waals surface area contributed by atoms with Crippen molar-refractivity contribution in [3.05, 3.63) is 20.2 Å². The molecule has 0 unspecified atom stereocenters. The van der Waals surface area contributed by atoms with Crippen LogP contribution in [-0.2, 0) is 14.5 Å². The molecule has 0 aliphatic rings. The summed E-state index contributed by atoms with van der Waals surface area (Å²) in [4.78, 5) is 37.7. The molecule has 0 bridgehead atoms. The maximum absolute atomic E-state index is 10.1. The molecule has 0 aromatic rings. The van der Waals surface area contributed by atoms with Crippen LogP contribution >= 0.6 is 0 Å². The van der Waals surface area contributed by atoms with Crippen molar-refractivity contribution in [1.29, 1.82) is 0 Å². The predicted molar refractivity (Wildman–Crippen MR) is 46.1 cm³/mol. The molecular weight excluding hydrogens is 228 g/mol. The van der Waals surface area contributed by atoms with Crippen LogP contribution < -0.4 is 0 Å². The highest BCUT2D eigenvalue weighted by atomic mass is 17.0. The van der Waals surface area contributed by atoms with Crippen LogP contribution in [0.25, 0.3) is 0 Å². The van der Waals surface area contributed by atoms with Gasteiger partial charge in [-0.15, -0.1) is 20.2 Å². The minimum atomic E-state index is -1.61. The molecule has 0 radical (unpaired) electrons. The lowest BCUT2D eigenvalue weighted by molar-refractivity contribution is -0.851. The van der Waals surface area contributed by atoms with Gasteiger partial charge in [-0.2, -0.15) is 0 Å². The Labute approximate surface area is 89.0 Å². The van der Waals surface area contributed by atoms with Gasteiger partial charge in [-0.3, -0.25) is 14.5 Å². The van der Waals surface area contributed by atoms with Gasteiger partial charge in [0.15, 0.2) is 0 Å². The predicted octanol–water partition coefficient (Wildman–Crippen LogP) is 0.374. The van der Waals surface area contributed by atoms with Crippen molar-refractivity contribution in [2.24, 2.45) is 0 Å². The molecule has 0 aromatic carbocycles. The molecule has 10 heteroatoms. The number of aliphatic carboxylic acids is 1. The van der Waals surface area contributed by atoms with Gasteiger partial charge in [0, 0.05) is 6.42 Å². The largest absolute Gasteiger partial charge is 0.481 e. The smallest absolute Gasteiger partial charge is 0.303 e. The summed E-state index contributed by atoms with van der Waals surface area (Å²) in [5, 5.41) is 25.7. The third-order valence-corrected chi connectivity index (χ3v) is 1.49. The van der Waals surface area contributed by atoms with E-state index < -0.39 is 22.4 Å². The lowest BCUT2D eigenvalue weighted by Crippen LogP contribution is -2.23. The fourth-order valence-electron chi connectivity index (χ4n) is 0.904. The topological polar surface area (TPSA) is 142 Å². The quantitative estimate of drug-likeness (QED) is 0.262. The number of unbranched alkanes of at least 4 members (excludes halogenated alkanes) is 1. The summed E-state index contributed by atoms with van der Waals surface area (Å²) in [5.74, 6) is -1.01. The molecule has 0 fully saturated rings. The molecule has 0 rings (SSSR count). The second kappa shape index (κ2) is 7.20. The van der Waals surface area contributed by atoms with Gasteiger partial charge in [0.05, 0.1) is 0 Å². The van der Waals surface area contributed by atoms with Crippen molar-refractivity contribution in [3.8, 4) is 0 Å². The van der Waals surface area contributed by atoms with Crippen LogP contribution in [-0.4, -0.2) is 27.5 Å². The van der Waals surface area contributed by atoms with E-state index in [9.17, 15) is 25.0 Å². The number of nitrogens with zero attached hydrogens (tertiary/aromatic N) is 2. The zero-order valence-corrected chi connectivity index (χ0v) is 8.11. The van der Waals surface area contributed by atoms with E-state index in [-0.39, 0.29) is 25.7 Å². The van der Waals surface area contributed by atoms with Crippen molar-refractivity contribution in [3.63, 3.8) is 0 Å². The maximum atomic E-state index is 10.1. The van der Waals surface area contributed by atoms with E-state index in [0.717, 1.165) is 0 Å². The van der Waals surface area contributed by atoms with Gasteiger partial charge in [-0.25, -0.2) is 0 Å². The molecule has 1 N–H and O–H groups in total. The fourth-order valence-corrected chi connectivity index (χ4v) is 0.904. The van der Waals surface area contributed by atoms with Gasteiger partial charge < -0.3 is 5.11 Å². The van der Waals surface area contributed by atoms with Crippen molar-refractivity contribution in [2.45, 2.75) is 32.0 Å². The lowest BCUT2D eigenvalue weighted by atomic mass is 10.2. The third-order valence-electron chi connectivity index (χ3n) is 1.49. The van der Waals surface area contributed by atoms with Crippen LogP contribution in [0.5, 0.6) is 0 Å². The molecule has 16 heavy (non-hydrogen) atoms. The number of carboxylic acids is 1. The number of hydrogen-bond donors (Lipinski definition) is 1. The molecule has 0 aromatic heterocycles. The summed E-state index contributed by atoms with van der Waals surface area (Å²) in [7, 11) is 0. The summed E-state index contributed by atoms with van der Waals surface area (Å²) in [6.07, 6.45) is -1.43. The summed E-state index contributed by atoms with van der Waals surface area (Å²) in [6, 6.07) is 0. The Kier molecular flexibility index (Phi) is 6.24. The molecule has 10 nitrogen and oxygen atoms in total. The Morgan fingerprint density at radius 2 is 1.69 bits per heavy atom. The van der Waals surface area contributed by atoms with Gasteiger partial charge in [0.1, 0.15) is 0 Å². The number of carbonyl (C=O) groups is 1. The van der Waals surface area contributed by atoms with Crippen LogP contribution in [0, 0.1) is 20.2 Å². The SMILES string of the molecule is O=C(O)CCCCC(O[N+](=O)[O-])O[N+](=O)[O-]. The van der Waals surface area contributed by atoms with Gasteiger partial charge in [0.2, 0.25) is 0 Å². The van der Waals surface area contributed by atoms with Gasteiger partial charge in [-0.1, -0.05) is 0 Å². The highest BCUT2D eigenvalue weighted by molar-refractivity contribution is 5.66. The average molecular weight is 238 g/mol. The van der Waals surface area contributed by atoms with E-state index in [2.05, 4.69) is 9.68 Å². The molecule has 0 saturated carbocycles. The first-order valence-electron chi connectivity index (χ1n) is 4.26. The standard InChI is InChI=1S/C6H10N2O8/c9-5(10)3-1-2-4-6(15-7(11)12)16-8(13)14/h6H,1-4H2,(H,9,10). The fraction of sp³-hybridized carbons (Fsp3) is 0.833. The van der Waals surface area contributed by atoms with E-state index in [1.54, 1.807) is 0 Å². The molecule has 0 atom stereocenters. The molecule has 0 aliphatic heterocycles. The van der Waals surface area contributed by atoms with E-state index in [0.29, 0.717) is 0 Å². The van der Waals surface area contributed by atoms with Gasteiger partial charge in [-0.05, 0) is 19.3 Å². The van der Waals surface area contributed by atoms with E-state index >= 15 is 0 Å². The third kappa shape index (κ3) is 8.47. The van der Waals surface area contributed by atoms with E-state index in [1.165, 1.54) is 0 Å². The zero-order valence-electron chi connectivity index (χ0n) is 8.11. The molecule has 0 saturated heterocycles. The summed E-state index contributed by atoms with van der Waals surface area (Å²) in [6.45, 7) is 0. The van der Waals surface area contributed by atoms with Crippen molar-refractivity contribution in [2.75, 3.05) is 0 Å². The number of carboxylic acid groups (broad SMARTS) is 1. The Morgan fingerprint density at radius 3 is 2.06 bits per heavy atom. The minimum Gasteiger partial charge on any atom is -0.481 e. The van der Waals surface area contributed by atoms with Crippen LogP contribution in [0.2, 0.25) is 0 Å². The first kappa shape index (κ1) is 13.9. The van der Waals surface area contributed by atoms with Crippen LogP contribution in [0.3, 0.4) is 0 Å². The summed E-state index contributed by atoms with van der Waals surface area (Å²) in [5.41, 5.74) is 0. The van der Waals surface area contributed by atoms with E-state index in [4.69, 9.17) is 5.11 Å². The average Bonchev–Trinajstić information content (AvgIpc) is 2.09. The normalized spacial score (nSPS) is 9.81. The number of hydrogen-bond acceptors (Lipinski definition) is 7. The lowest BCUT2D eigenvalue weighted by Gasteiger charge is -2.11. The number of rotatable bonds is 9. The molecular formula is C6H10N2O8.